The monoisotopic (exact) mass is 461 g/mol. The van der Waals surface area contributed by atoms with Crippen LogP contribution in [0.5, 0.6) is 0 Å². The van der Waals surface area contributed by atoms with Crippen molar-refractivity contribution in [3.63, 3.8) is 0 Å². The summed E-state index contributed by atoms with van der Waals surface area (Å²) >= 11 is 0. The Kier molecular flexibility index (Phi) is 8.03. The third-order valence-corrected chi connectivity index (χ3v) is 7.56. The fraction of sp³-hybridized carbons (Fsp3) is 0.458. The van der Waals surface area contributed by atoms with E-state index in [0.717, 1.165) is 24.1 Å². The molecule has 1 heterocycles. The third kappa shape index (κ3) is 6.37. The Bertz CT molecular complexity index is 1000. The number of carbonyl (C=O) groups excluding carboxylic acids is 1. The molecule has 8 heteroatoms. The number of carbonyl (C=O) groups is 1. The molecule has 6 nitrogen and oxygen atoms in total. The molecule has 1 unspecified atom stereocenters. The first-order valence-electron chi connectivity index (χ1n) is 11.0. The number of amides is 1. The van der Waals surface area contributed by atoms with E-state index in [1.54, 1.807) is 0 Å². The number of nitrogens with one attached hydrogen (secondary N) is 1. The van der Waals surface area contributed by atoms with Crippen LogP contribution in [0.1, 0.15) is 37.9 Å². The molecule has 1 fully saturated rings. The molecular formula is C24H32FN3O3S. The lowest BCUT2D eigenvalue weighted by Crippen LogP contribution is -2.51. The van der Waals surface area contributed by atoms with Crippen molar-refractivity contribution in [2.75, 3.05) is 32.7 Å². The summed E-state index contributed by atoms with van der Waals surface area (Å²) in [5.41, 5.74) is 2.34. The van der Waals surface area contributed by atoms with Gasteiger partial charge in [0.15, 0.2) is 0 Å². The van der Waals surface area contributed by atoms with Crippen LogP contribution in [0.25, 0.3) is 0 Å². The van der Waals surface area contributed by atoms with E-state index in [-0.39, 0.29) is 23.4 Å². The largest absolute Gasteiger partial charge is 0.348 e. The van der Waals surface area contributed by atoms with E-state index in [2.05, 4.69) is 43.4 Å². The number of sulfonamides is 1. The summed E-state index contributed by atoms with van der Waals surface area (Å²) in [6.45, 7) is 8.07. The maximum atomic E-state index is 13.1. The third-order valence-electron chi connectivity index (χ3n) is 5.65. The van der Waals surface area contributed by atoms with Gasteiger partial charge in [0.2, 0.25) is 15.9 Å². The average Bonchev–Trinajstić information content (AvgIpc) is 2.74. The molecule has 2 aromatic rings. The molecule has 0 aliphatic carbocycles. The quantitative estimate of drug-likeness (QED) is 0.656. The molecule has 174 valence electrons. The van der Waals surface area contributed by atoms with E-state index in [0.29, 0.717) is 32.1 Å². The summed E-state index contributed by atoms with van der Waals surface area (Å²) in [5.74, 6) is 0.0447. The molecule has 0 radical (unpaired) electrons. The van der Waals surface area contributed by atoms with Gasteiger partial charge in [-0.05, 0) is 54.7 Å². The molecule has 2 aromatic carbocycles. The zero-order chi connectivity index (χ0) is 23.3. The van der Waals surface area contributed by atoms with Crippen LogP contribution in [-0.2, 0) is 21.2 Å². The van der Waals surface area contributed by atoms with Crippen LogP contribution in [-0.4, -0.2) is 56.3 Å². The second-order valence-electron chi connectivity index (χ2n) is 8.76. The van der Waals surface area contributed by atoms with Crippen LogP contribution >= 0.6 is 0 Å². The fourth-order valence-corrected chi connectivity index (χ4v) is 5.29. The van der Waals surface area contributed by atoms with Gasteiger partial charge in [0.1, 0.15) is 5.82 Å². The van der Waals surface area contributed by atoms with Crippen molar-refractivity contribution in [2.24, 2.45) is 5.92 Å². The van der Waals surface area contributed by atoms with Gasteiger partial charge < -0.3 is 5.32 Å². The molecule has 0 spiro atoms. The molecule has 1 N–H and O–H groups in total. The minimum absolute atomic E-state index is 0.0818. The van der Waals surface area contributed by atoms with Crippen LogP contribution in [0.4, 0.5) is 4.39 Å². The number of rotatable bonds is 8. The van der Waals surface area contributed by atoms with E-state index in [1.807, 2.05) is 11.8 Å². The topological polar surface area (TPSA) is 69.7 Å². The van der Waals surface area contributed by atoms with E-state index >= 15 is 0 Å². The van der Waals surface area contributed by atoms with Gasteiger partial charge >= 0.3 is 0 Å². The van der Waals surface area contributed by atoms with Crippen molar-refractivity contribution in [1.29, 1.82) is 0 Å². The van der Waals surface area contributed by atoms with Crippen molar-refractivity contribution in [2.45, 2.75) is 38.1 Å². The summed E-state index contributed by atoms with van der Waals surface area (Å²) in [6.07, 6.45) is 1.03. The summed E-state index contributed by atoms with van der Waals surface area (Å²) in [5, 5.41) is 3.03. The zero-order valence-corrected chi connectivity index (χ0v) is 19.7. The van der Waals surface area contributed by atoms with Crippen molar-refractivity contribution < 1.29 is 17.6 Å². The predicted molar refractivity (Wildman–Crippen MR) is 123 cm³/mol. The lowest BCUT2D eigenvalue weighted by Gasteiger charge is -2.33. The Morgan fingerprint density at radius 1 is 0.969 bits per heavy atom. The van der Waals surface area contributed by atoms with Gasteiger partial charge in [-0.25, -0.2) is 12.8 Å². The van der Waals surface area contributed by atoms with Gasteiger partial charge in [0.25, 0.3) is 0 Å². The molecule has 1 aliphatic rings. The first-order valence-corrected chi connectivity index (χ1v) is 12.5. The number of piperazine rings is 1. The van der Waals surface area contributed by atoms with Crippen LogP contribution in [0.15, 0.2) is 53.4 Å². The molecule has 1 saturated heterocycles. The minimum Gasteiger partial charge on any atom is -0.348 e. The Morgan fingerprint density at radius 3 is 2.12 bits per heavy atom. The molecule has 1 atom stereocenters. The Labute approximate surface area is 190 Å². The molecule has 0 aromatic heterocycles. The van der Waals surface area contributed by atoms with Crippen molar-refractivity contribution >= 4 is 15.9 Å². The highest BCUT2D eigenvalue weighted by Crippen LogP contribution is 2.19. The molecule has 3 rings (SSSR count). The van der Waals surface area contributed by atoms with Gasteiger partial charge in [0.05, 0.1) is 17.5 Å². The highest BCUT2D eigenvalue weighted by molar-refractivity contribution is 7.89. The van der Waals surface area contributed by atoms with Gasteiger partial charge in [0, 0.05) is 26.2 Å². The highest BCUT2D eigenvalue weighted by atomic mass is 32.2. The van der Waals surface area contributed by atoms with Gasteiger partial charge in [-0.1, -0.05) is 38.1 Å². The first kappa shape index (κ1) is 24.4. The SMILES string of the molecule is CC(C)Cc1ccc(C(C)NC(=O)CN2CCN(S(=O)(=O)c3ccc(F)cc3)CC2)cc1. The molecule has 32 heavy (non-hydrogen) atoms. The van der Waals surface area contributed by atoms with E-state index < -0.39 is 15.8 Å². The minimum atomic E-state index is -3.66. The second kappa shape index (κ2) is 10.6. The van der Waals surface area contributed by atoms with Gasteiger partial charge in [-0.15, -0.1) is 0 Å². The Balaban J connectivity index is 1.48. The van der Waals surface area contributed by atoms with Crippen LogP contribution in [0.2, 0.25) is 0 Å². The predicted octanol–water partition coefficient (Wildman–Crippen LogP) is 3.21. The standard InChI is InChI=1S/C24H32FN3O3S/c1-18(2)16-20-4-6-21(7-5-20)19(3)26-24(29)17-27-12-14-28(15-13-27)32(30,31)23-10-8-22(25)9-11-23/h4-11,18-19H,12-17H2,1-3H3,(H,26,29). The van der Waals surface area contributed by atoms with Crippen LogP contribution in [0.3, 0.4) is 0 Å². The van der Waals surface area contributed by atoms with E-state index in [1.165, 1.54) is 22.0 Å². The molecular weight excluding hydrogens is 429 g/mol. The number of hydrogen-bond acceptors (Lipinski definition) is 4. The maximum absolute atomic E-state index is 13.1. The maximum Gasteiger partial charge on any atom is 0.243 e. The van der Waals surface area contributed by atoms with Gasteiger partial charge in [-0.3, -0.25) is 9.69 Å². The Hall–Kier alpha value is -2.29. The van der Waals surface area contributed by atoms with Crippen molar-refractivity contribution in [3.8, 4) is 0 Å². The summed E-state index contributed by atoms with van der Waals surface area (Å²) in [4.78, 5) is 14.5. The van der Waals surface area contributed by atoms with Crippen molar-refractivity contribution in [1.82, 2.24) is 14.5 Å². The summed E-state index contributed by atoms with van der Waals surface area (Å²) in [6, 6.07) is 13.1. The van der Waals surface area contributed by atoms with Crippen LogP contribution < -0.4 is 5.32 Å². The van der Waals surface area contributed by atoms with Crippen LogP contribution in [0, 0.1) is 11.7 Å². The smallest absolute Gasteiger partial charge is 0.243 e. The fourth-order valence-electron chi connectivity index (χ4n) is 3.87. The van der Waals surface area contributed by atoms with Crippen molar-refractivity contribution in [3.05, 3.63) is 65.5 Å². The average molecular weight is 462 g/mol. The van der Waals surface area contributed by atoms with E-state index in [4.69, 9.17) is 0 Å². The number of nitrogens with zero attached hydrogens (tertiary/aromatic N) is 2. The number of halogens is 1. The number of hydrogen-bond donors (Lipinski definition) is 1. The number of benzene rings is 2. The zero-order valence-electron chi connectivity index (χ0n) is 18.9. The normalized spacial score (nSPS) is 16.8. The molecule has 1 aliphatic heterocycles. The molecule has 0 saturated carbocycles. The molecule has 0 bridgehead atoms. The first-order chi connectivity index (χ1) is 15.1. The van der Waals surface area contributed by atoms with E-state index in [9.17, 15) is 17.6 Å². The lowest BCUT2D eigenvalue weighted by molar-refractivity contribution is -0.123. The second-order valence-corrected chi connectivity index (χ2v) is 10.7. The summed E-state index contributed by atoms with van der Waals surface area (Å²) in [7, 11) is -3.66. The lowest BCUT2D eigenvalue weighted by atomic mass is 10.00. The van der Waals surface area contributed by atoms with Gasteiger partial charge in [-0.2, -0.15) is 4.31 Å². The highest BCUT2D eigenvalue weighted by Gasteiger charge is 2.29. The summed E-state index contributed by atoms with van der Waals surface area (Å²) < 4.78 is 39.9. The molecule has 1 amide bonds. The Morgan fingerprint density at radius 2 is 1.56 bits per heavy atom.